The fraction of sp³-hybridized carbons (Fsp3) is 0.263. The predicted molar refractivity (Wildman–Crippen MR) is 93.5 cm³/mol. The predicted octanol–water partition coefficient (Wildman–Crippen LogP) is 0.736. The van der Waals surface area contributed by atoms with Crippen LogP contribution in [0.1, 0.15) is 20.7 Å². The number of carbonyl (C=O) groups excluding carboxylic acids is 4. The molecule has 2 aliphatic heterocycles. The van der Waals surface area contributed by atoms with Crippen LogP contribution >= 0.6 is 0 Å². The summed E-state index contributed by atoms with van der Waals surface area (Å²) in [6, 6.07) is 10.6. The van der Waals surface area contributed by atoms with Crippen molar-refractivity contribution in [3.05, 3.63) is 47.5 Å². The summed E-state index contributed by atoms with van der Waals surface area (Å²) >= 11 is 0. The number of carbonyl (C=O) groups is 4. The molecular weight excluding hydrogens is 334 g/mol. The molecule has 0 N–H and O–H groups in total. The molecule has 0 spiro atoms. The van der Waals surface area contributed by atoms with Gasteiger partial charge in [-0.05, 0) is 17.5 Å². The van der Waals surface area contributed by atoms with Gasteiger partial charge in [0, 0.05) is 42.7 Å². The molecule has 0 atom stereocenters. The Hall–Kier alpha value is -3.22. The normalized spacial score (nSPS) is 17.0. The van der Waals surface area contributed by atoms with Crippen molar-refractivity contribution in [3.8, 4) is 0 Å². The van der Waals surface area contributed by atoms with Crippen LogP contribution in [0.25, 0.3) is 10.8 Å². The molecule has 26 heavy (non-hydrogen) atoms. The van der Waals surface area contributed by atoms with Crippen LogP contribution in [0.15, 0.2) is 36.4 Å². The molecule has 0 radical (unpaired) electrons. The van der Waals surface area contributed by atoms with E-state index in [4.69, 9.17) is 0 Å². The van der Waals surface area contributed by atoms with Crippen LogP contribution in [0.5, 0.6) is 0 Å². The molecule has 2 aromatic carbocycles. The average Bonchev–Trinajstić information content (AvgIpc) is 2.69. The summed E-state index contributed by atoms with van der Waals surface area (Å²) < 4.78 is 0. The van der Waals surface area contributed by atoms with E-state index in [2.05, 4.69) is 0 Å². The molecule has 7 heteroatoms. The number of hydrogen-bond acceptors (Lipinski definition) is 4. The second-order valence-electron chi connectivity index (χ2n) is 6.43. The van der Waals surface area contributed by atoms with E-state index >= 15 is 0 Å². The molecule has 2 heterocycles. The van der Waals surface area contributed by atoms with Crippen LogP contribution in [0.2, 0.25) is 0 Å². The van der Waals surface area contributed by atoms with Gasteiger partial charge in [-0.15, -0.1) is 0 Å². The zero-order valence-electron chi connectivity index (χ0n) is 14.1. The molecule has 0 unspecified atom stereocenters. The number of piperazine rings is 1. The summed E-state index contributed by atoms with van der Waals surface area (Å²) in [5.41, 5.74) is 0.882. The SMILES string of the molecule is O=CN1CCN(C(=O)CN2C(=O)c3cccc4cccc(c34)C2=O)CC1. The molecular formula is C19H17N3O4. The fourth-order valence-electron chi connectivity index (χ4n) is 3.54. The zero-order valence-corrected chi connectivity index (χ0v) is 14.1. The van der Waals surface area contributed by atoms with Gasteiger partial charge in [0.1, 0.15) is 6.54 Å². The first kappa shape index (κ1) is 16.3. The number of amides is 4. The van der Waals surface area contributed by atoms with E-state index in [-0.39, 0.29) is 12.5 Å². The lowest BCUT2D eigenvalue weighted by Crippen LogP contribution is -2.52. The number of rotatable bonds is 3. The highest BCUT2D eigenvalue weighted by Crippen LogP contribution is 2.29. The first-order chi connectivity index (χ1) is 12.6. The molecule has 7 nitrogen and oxygen atoms in total. The van der Waals surface area contributed by atoms with Gasteiger partial charge in [-0.1, -0.05) is 24.3 Å². The van der Waals surface area contributed by atoms with Gasteiger partial charge in [0.15, 0.2) is 0 Å². The standard InChI is InChI=1S/C19H17N3O4/c23-12-20-7-9-21(10-8-20)16(24)11-22-18(25)14-5-1-3-13-4-2-6-15(17(13)14)19(22)26/h1-6,12H,7-11H2. The quantitative estimate of drug-likeness (QED) is 0.603. The molecule has 4 amide bonds. The Kier molecular flexibility index (Phi) is 3.91. The first-order valence-corrected chi connectivity index (χ1v) is 8.45. The number of nitrogens with zero attached hydrogens (tertiary/aromatic N) is 3. The van der Waals surface area contributed by atoms with Gasteiger partial charge in [-0.25, -0.2) is 0 Å². The molecule has 0 saturated carbocycles. The molecule has 2 aromatic rings. The van der Waals surface area contributed by atoms with Gasteiger partial charge in [0.25, 0.3) is 11.8 Å². The molecule has 132 valence electrons. The maximum atomic E-state index is 12.8. The Bertz CT molecular complexity index is 881. The molecule has 2 aliphatic rings. The monoisotopic (exact) mass is 351 g/mol. The number of benzene rings is 2. The smallest absolute Gasteiger partial charge is 0.261 e. The lowest BCUT2D eigenvalue weighted by molar-refractivity contribution is -0.135. The van der Waals surface area contributed by atoms with E-state index in [0.29, 0.717) is 42.7 Å². The second kappa shape index (κ2) is 6.25. The molecule has 0 aromatic heterocycles. The van der Waals surface area contributed by atoms with Crippen molar-refractivity contribution < 1.29 is 19.2 Å². The Morgan fingerprint density at radius 1 is 0.923 bits per heavy atom. The van der Waals surface area contributed by atoms with E-state index in [1.807, 2.05) is 12.1 Å². The lowest BCUT2D eigenvalue weighted by atomic mass is 9.94. The second-order valence-corrected chi connectivity index (χ2v) is 6.43. The van der Waals surface area contributed by atoms with Gasteiger partial charge < -0.3 is 9.80 Å². The van der Waals surface area contributed by atoms with Gasteiger partial charge in [0.05, 0.1) is 0 Å². The summed E-state index contributed by atoms with van der Waals surface area (Å²) in [6.45, 7) is 1.43. The fourth-order valence-corrected chi connectivity index (χ4v) is 3.54. The van der Waals surface area contributed by atoms with Crippen LogP contribution in [0, 0.1) is 0 Å². The van der Waals surface area contributed by atoms with Crippen molar-refractivity contribution in [2.24, 2.45) is 0 Å². The van der Waals surface area contributed by atoms with Gasteiger partial charge in [-0.2, -0.15) is 0 Å². The Balaban J connectivity index is 1.59. The van der Waals surface area contributed by atoms with Crippen LogP contribution in [-0.4, -0.2) is 71.6 Å². The van der Waals surface area contributed by atoms with Crippen molar-refractivity contribution >= 4 is 34.9 Å². The third-order valence-electron chi connectivity index (χ3n) is 4.97. The van der Waals surface area contributed by atoms with E-state index in [9.17, 15) is 19.2 Å². The maximum Gasteiger partial charge on any atom is 0.261 e. The number of imide groups is 1. The summed E-state index contributed by atoms with van der Waals surface area (Å²) in [4.78, 5) is 53.2. The molecule has 0 bridgehead atoms. The Morgan fingerprint density at radius 3 is 2.04 bits per heavy atom. The van der Waals surface area contributed by atoms with Crippen LogP contribution in [-0.2, 0) is 9.59 Å². The Labute approximate surface area is 149 Å². The summed E-state index contributed by atoms with van der Waals surface area (Å²) in [5.74, 6) is -1.18. The van der Waals surface area contributed by atoms with Gasteiger partial charge >= 0.3 is 0 Å². The lowest BCUT2D eigenvalue weighted by Gasteiger charge is -2.34. The highest BCUT2D eigenvalue weighted by Gasteiger charge is 2.35. The van der Waals surface area contributed by atoms with Crippen molar-refractivity contribution in [1.29, 1.82) is 0 Å². The van der Waals surface area contributed by atoms with Crippen LogP contribution in [0.4, 0.5) is 0 Å². The summed E-state index contributed by atoms with van der Waals surface area (Å²) in [7, 11) is 0. The van der Waals surface area contributed by atoms with Crippen LogP contribution < -0.4 is 0 Å². The van der Waals surface area contributed by atoms with Crippen LogP contribution in [0.3, 0.4) is 0 Å². The topological polar surface area (TPSA) is 78.0 Å². The van der Waals surface area contributed by atoms with E-state index in [1.165, 1.54) is 0 Å². The third kappa shape index (κ3) is 2.52. The van der Waals surface area contributed by atoms with E-state index in [0.717, 1.165) is 16.7 Å². The highest BCUT2D eigenvalue weighted by molar-refractivity contribution is 6.26. The van der Waals surface area contributed by atoms with Crippen molar-refractivity contribution in [1.82, 2.24) is 14.7 Å². The van der Waals surface area contributed by atoms with Crippen molar-refractivity contribution in [2.45, 2.75) is 0 Å². The van der Waals surface area contributed by atoms with Gasteiger partial charge in [0.2, 0.25) is 12.3 Å². The summed E-state index contributed by atoms with van der Waals surface area (Å²) in [5, 5.41) is 1.48. The van der Waals surface area contributed by atoms with E-state index < -0.39 is 11.8 Å². The third-order valence-corrected chi connectivity index (χ3v) is 4.97. The highest BCUT2D eigenvalue weighted by atomic mass is 16.2. The Morgan fingerprint density at radius 2 is 1.50 bits per heavy atom. The van der Waals surface area contributed by atoms with Gasteiger partial charge in [-0.3, -0.25) is 24.1 Å². The molecule has 0 aliphatic carbocycles. The van der Waals surface area contributed by atoms with E-state index in [1.54, 1.807) is 34.1 Å². The van der Waals surface area contributed by atoms with Crippen molar-refractivity contribution in [2.75, 3.05) is 32.7 Å². The minimum atomic E-state index is -0.445. The average molecular weight is 351 g/mol. The molecule has 1 fully saturated rings. The zero-order chi connectivity index (χ0) is 18.3. The minimum Gasteiger partial charge on any atom is -0.342 e. The maximum absolute atomic E-state index is 12.8. The molecule has 1 saturated heterocycles. The van der Waals surface area contributed by atoms with Crippen molar-refractivity contribution in [3.63, 3.8) is 0 Å². The molecule has 4 rings (SSSR count). The minimum absolute atomic E-state index is 0.288. The first-order valence-electron chi connectivity index (χ1n) is 8.45. The largest absolute Gasteiger partial charge is 0.342 e. The summed E-state index contributed by atoms with van der Waals surface area (Å²) in [6.07, 6.45) is 0.761. The number of hydrogen-bond donors (Lipinski definition) is 0.